The van der Waals surface area contributed by atoms with Crippen molar-refractivity contribution in [1.29, 1.82) is 0 Å². The van der Waals surface area contributed by atoms with Gasteiger partial charge in [0.1, 0.15) is 0 Å². The SMILES string of the molecule is CCCC(C)(C)CCCN1CCOCC1. The number of hydrogen-bond donors (Lipinski definition) is 0. The van der Waals surface area contributed by atoms with E-state index in [1.807, 2.05) is 0 Å². The average Bonchev–Trinajstić information content (AvgIpc) is 2.19. The van der Waals surface area contributed by atoms with E-state index >= 15 is 0 Å². The highest BCUT2D eigenvalue weighted by atomic mass is 16.5. The Labute approximate surface area is 95.0 Å². The van der Waals surface area contributed by atoms with Gasteiger partial charge in [-0.05, 0) is 31.2 Å². The van der Waals surface area contributed by atoms with Crippen molar-refractivity contribution in [2.45, 2.75) is 46.5 Å². The number of morpholine rings is 1. The van der Waals surface area contributed by atoms with Crippen LogP contribution in [0, 0.1) is 5.41 Å². The van der Waals surface area contributed by atoms with E-state index in [1.165, 1.54) is 32.2 Å². The third kappa shape index (κ3) is 5.53. The molecule has 2 nitrogen and oxygen atoms in total. The molecule has 0 radical (unpaired) electrons. The molecule has 2 heteroatoms. The molecule has 1 fully saturated rings. The zero-order valence-electron chi connectivity index (χ0n) is 10.7. The van der Waals surface area contributed by atoms with Crippen LogP contribution in [-0.2, 0) is 4.74 Å². The second-order valence-corrected chi connectivity index (χ2v) is 5.47. The highest BCUT2D eigenvalue weighted by Gasteiger charge is 2.17. The van der Waals surface area contributed by atoms with Gasteiger partial charge < -0.3 is 4.74 Å². The Morgan fingerprint density at radius 1 is 1.13 bits per heavy atom. The normalized spacial score (nSPS) is 19.4. The van der Waals surface area contributed by atoms with Crippen LogP contribution in [0.3, 0.4) is 0 Å². The standard InChI is InChI=1S/C13H27NO/c1-4-6-13(2,3)7-5-8-14-9-11-15-12-10-14/h4-12H2,1-3H3. The van der Waals surface area contributed by atoms with Crippen LogP contribution in [-0.4, -0.2) is 37.7 Å². The lowest BCUT2D eigenvalue weighted by atomic mass is 9.83. The van der Waals surface area contributed by atoms with Crippen molar-refractivity contribution in [3.63, 3.8) is 0 Å². The zero-order valence-corrected chi connectivity index (χ0v) is 10.7. The third-order valence-electron chi connectivity index (χ3n) is 3.36. The van der Waals surface area contributed by atoms with Crippen LogP contribution in [0.2, 0.25) is 0 Å². The van der Waals surface area contributed by atoms with Crippen molar-refractivity contribution in [2.24, 2.45) is 5.41 Å². The Morgan fingerprint density at radius 3 is 2.40 bits per heavy atom. The average molecular weight is 213 g/mol. The summed E-state index contributed by atoms with van der Waals surface area (Å²) in [7, 11) is 0. The first-order valence-corrected chi connectivity index (χ1v) is 6.44. The Hall–Kier alpha value is -0.0800. The second kappa shape index (κ2) is 6.49. The van der Waals surface area contributed by atoms with Crippen LogP contribution in [0.25, 0.3) is 0 Å². The smallest absolute Gasteiger partial charge is 0.0594 e. The Balaban J connectivity index is 2.09. The van der Waals surface area contributed by atoms with E-state index in [2.05, 4.69) is 25.7 Å². The molecule has 90 valence electrons. The molecular weight excluding hydrogens is 186 g/mol. The van der Waals surface area contributed by atoms with Gasteiger partial charge in [-0.15, -0.1) is 0 Å². The molecule has 0 spiro atoms. The first-order valence-electron chi connectivity index (χ1n) is 6.44. The minimum atomic E-state index is 0.543. The summed E-state index contributed by atoms with van der Waals surface area (Å²) in [5.74, 6) is 0. The number of ether oxygens (including phenoxy) is 1. The molecule has 0 aromatic rings. The molecule has 1 aliphatic heterocycles. The molecule has 0 bridgehead atoms. The van der Waals surface area contributed by atoms with E-state index in [9.17, 15) is 0 Å². The lowest BCUT2D eigenvalue weighted by molar-refractivity contribution is 0.0358. The highest BCUT2D eigenvalue weighted by Crippen LogP contribution is 2.28. The van der Waals surface area contributed by atoms with Crippen LogP contribution in [0.1, 0.15) is 46.5 Å². The van der Waals surface area contributed by atoms with Gasteiger partial charge in [0.05, 0.1) is 13.2 Å². The van der Waals surface area contributed by atoms with E-state index in [0.717, 1.165) is 26.3 Å². The van der Waals surface area contributed by atoms with Crippen molar-refractivity contribution in [2.75, 3.05) is 32.8 Å². The zero-order chi connectivity index (χ0) is 11.1. The lowest BCUT2D eigenvalue weighted by Gasteiger charge is -2.29. The molecule has 15 heavy (non-hydrogen) atoms. The quantitative estimate of drug-likeness (QED) is 0.672. The molecule has 0 amide bonds. The largest absolute Gasteiger partial charge is 0.379 e. The van der Waals surface area contributed by atoms with Crippen molar-refractivity contribution in [1.82, 2.24) is 4.90 Å². The summed E-state index contributed by atoms with van der Waals surface area (Å²) in [6.45, 7) is 12.5. The second-order valence-electron chi connectivity index (χ2n) is 5.47. The van der Waals surface area contributed by atoms with Gasteiger partial charge >= 0.3 is 0 Å². The van der Waals surface area contributed by atoms with E-state index in [4.69, 9.17) is 4.74 Å². The molecule has 1 heterocycles. The lowest BCUT2D eigenvalue weighted by Crippen LogP contribution is -2.37. The van der Waals surface area contributed by atoms with Crippen molar-refractivity contribution in [3.8, 4) is 0 Å². The summed E-state index contributed by atoms with van der Waals surface area (Å²) < 4.78 is 5.34. The molecular formula is C13H27NO. The van der Waals surface area contributed by atoms with Crippen molar-refractivity contribution >= 4 is 0 Å². The molecule has 0 unspecified atom stereocenters. The fourth-order valence-corrected chi connectivity index (χ4v) is 2.41. The first-order chi connectivity index (χ1) is 7.14. The highest BCUT2D eigenvalue weighted by molar-refractivity contribution is 4.70. The number of rotatable bonds is 6. The predicted molar refractivity (Wildman–Crippen MR) is 65.2 cm³/mol. The molecule has 0 saturated carbocycles. The summed E-state index contributed by atoms with van der Waals surface area (Å²) in [6, 6.07) is 0. The van der Waals surface area contributed by atoms with Crippen LogP contribution in [0.4, 0.5) is 0 Å². The monoisotopic (exact) mass is 213 g/mol. The summed E-state index contributed by atoms with van der Waals surface area (Å²) in [5, 5.41) is 0. The number of nitrogens with zero attached hydrogens (tertiary/aromatic N) is 1. The fourth-order valence-electron chi connectivity index (χ4n) is 2.41. The topological polar surface area (TPSA) is 12.5 Å². The van der Waals surface area contributed by atoms with Gasteiger partial charge in [-0.25, -0.2) is 0 Å². The van der Waals surface area contributed by atoms with Gasteiger partial charge in [0, 0.05) is 13.1 Å². The molecule has 1 rings (SSSR count). The van der Waals surface area contributed by atoms with Gasteiger partial charge in [0.2, 0.25) is 0 Å². The van der Waals surface area contributed by atoms with Crippen LogP contribution < -0.4 is 0 Å². The minimum Gasteiger partial charge on any atom is -0.379 e. The maximum absolute atomic E-state index is 5.34. The predicted octanol–water partition coefficient (Wildman–Crippen LogP) is 2.93. The van der Waals surface area contributed by atoms with Crippen LogP contribution in [0.15, 0.2) is 0 Å². The van der Waals surface area contributed by atoms with Crippen molar-refractivity contribution < 1.29 is 4.74 Å². The summed E-state index contributed by atoms with van der Waals surface area (Å²) in [6.07, 6.45) is 5.37. The molecule has 0 atom stereocenters. The molecule has 0 N–H and O–H groups in total. The van der Waals surface area contributed by atoms with Gasteiger partial charge in [-0.2, -0.15) is 0 Å². The van der Waals surface area contributed by atoms with Crippen LogP contribution in [0.5, 0.6) is 0 Å². The first kappa shape index (κ1) is 13.0. The Morgan fingerprint density at radius 2 is 1.80 bits per heavy atom. The van der Waals surface area contributed by atoms with Crippen LogP contribution >= 0.6 is 0 Å². The summed E-state index contributed by atoms with van der Waals surface area (Å²) in [5.41, 5.74) is 0.543. The Bertz CT molecular complexity index is 162. The Kier molecular flexibility index (Phi) is 5.62. The molecule has 0 aromatic carbocycles. The van der Waals surface area contributed by atoms with Gasteiger partial charge in [0.25, 0.3) is 0 Å². The summed E-state index contributed by atoms with van der Waals surface area (Å²) >= 11 is 0. The van der Waals surface area contributed by atoms with E-state index in [1.54, 1.807) is 0 Å². The molecule has 1 aliphatic rings. The van der Waals surface area contributed by atoms with E-state index < -0.39 is 0 Å². The van der Waals surface area contributed by atoms with Gasteiger partial charge in [-0.1, -0.05) is 27.2 Å². The van der Waals surface area contributed by atoms with Gasteiger partial charge in [-0.3, -0.25) is 4.90 Å². The number of hydrogen-bond acceptors (Lipinski definition) is 2. The van der Waals surface area contributed by atoms with E-state index in [0.29, 0.717) is 5.41 Å². The molecule has 1 saturated heterocycles. The molecule has 0 aliphatic carbocycles. The summed E-state index contributed by atoms with van der Waals surface area (Å²) in [4.78, 5) is 2.53. The third-order valence-corrected chi connectivity index (χ3v) is 3.36. The van der Waals surface area contributed by atoms with Crippen molar-refractivity contribution in [3.05, 3.63) is 0 Å². The van der Waals surface area contributed by atoms with E-state index in [-0.39, 0.29) is 0 Å². The minimum absolute atomic E-state index is 0.543. The maximum atomic E-state index is 5.34. The van der Waals surface area contributed by atoms with Gasteiger partial charge in [0.15, 0.2) is 0 Å². The maximum Gasteiger partial charge on any atom is 0.0594 e. The molecule has 0 aromatic heterocycles. The fraction of sp³-hybridized carbons (Fsp3) is 1.00.